The number of halogens is 4. The molecule has 2 aromatic rings. The monoisotopic (exact) mass is 399 g/mol. The first-order valence-corrected chi connectivity index (χ1v) is 9.06. The second kappa shape index (κ2) is 7.58. The molecule has 8 heteroatoms. The highest BCUT2D eigenvalue weighted by molar-refractivity contribution is 5.91. The fourth-order valence-corrected chi connectivity index (χ4v) is 3.80. The first kappa shape index (κ1) is 20.4. The molecule has 28 heavy (non-hydrogen) atoms. The Bertz CT molecular complexity index is 880. The molecule has 1 aromatic carbocycles. The summed E-state index contributed by atoms with van der Waals surface area (Å²) in [5, 5.41) is 19.1. The maximum absolute atomic E-state index is 14.4. The Kier molecular flexibility index (Phi) is 5.52. The molecule has 0 amide bonds. The van der Waals surface area contributed by atoms with E-state index < -0.39 is 23.5 Å². The fraction of sp³-hybridized carbons (Fsp3) is 0.450. The van der Waals surface area contributed by atoms with Crippen LogP contribution in [0.25, 0.3) is 11.3 Å². The van der Waals surface area contributed by atoms with E-state index in [1.807, 2.05) is 0 Å². The topological polar surface area (TPSA) is 62.5 Å². The van der Waals surface area contributed by atoms with Crippen LogP contribution < -0.4 is 0 Å². The van der Waals surface area contributed by atoms with Gasteiger partial charge in [0.15, 0.2) is 0 Å². The van der Waals surface area contributed by atoms with Gasteiger partial charge in [-0.25, -0.2) is 9.18 Å². The number of alkyl halides is 3. The second-order valence-electron chi connectivity index (χ2n) is 7.31. The Morgan fingerprint density at radius 1 is 1.18 bits per heavy atom. The van der Waals surface area contributed by atoms with Gasteiger partial charge in [-0.15, -0.1) is 0 Å². The van der Waals surface area contributed by atoms with Gasteiger partial charge in [0.2, 0.25) is 0 Å². The summed E-state index contributed by atoms with van der Waals surface area (Å²) in [6, 6.07) is 3.37. The van der Waals surface area contributed by atoms with E-state index >= 15 is 0 Å². The number of nitrogens with zero attached hydrogens (tertiary/aromatic N) is 1. The summed E-state index contributed by atoms with van der Waals surface area (Å²) in [5.74, 6) is -1.93. The van der Waals surface area contributed by atoms with Crippen molar-refractivity contribution in [1.82, 2.24) is 4.57 Å². The molecule has 0 saturated heterocycles. The van der Waals surface area contributed by atoms with Crippen molar-refractivity contribution in [3.8, 4) is 11.3 Å². The third-order valence-electron chi connectivity index (χ3n) is 5.42. The molecule has 1 fully saturated rings. The molecule has 0 spiro atoms. The third-order valence-corrected chi connectivity index (χ3v) is 5.42. The van der Waals surface area contributed by atoms with E-state index in [0.29, 0.717) is 44.0 Å². The minimum absolute atomic E-state index is 0.0670. The van der Waals surface area contributed by atoms with Gasteiger partial charge in [0.1, 0.15) is 5.82 Å². The van der Waals surface area contributed by atoms with Crippen LogP contribution in [0.2, 0.25) is 0 Å². The summed E-state index contributed by atoms with van der Waals surface area (Å²) < 4.78 is 55.3. The predicted molar refractivity (Wildman–Crippen MR) is 94.5 cm³/mol. The number of hydrogen-bond donors (Lipinski definition) is 2. The quantitative estimate of drug-likeness (QED) is 0.721. The molecule has 3 rings (SSSR count). The lowest BCUT2D eigenvalue weighted by molar-refractivity contribution is -0.137. The zero-order chi connectivity index (χ0) is 20.6. The highest BCUT2D eigenvalue weighted by Gasteiger charge is 2.32. The molecule has 0 bridgehead atoms. The van der Waals surface area contributed by atoms with Gasteiger partial charge in [-0.3, -0.25) is 0 Å². The van der Waals surface area contributed by atoms with Crippen molar-refractivity contribution >= 4 is 5.97 Å². The normalized spacial score (nSPS) is 20.4. The maximum Gasteiger partial charge on any atom is 0.416 e. The second-order valence-corrected chi connectivity index (χ2v) is 7.31. The summed E-state index contributed by atoms with van der Waals surface area (Å²) in [6.45, 7) is 1.92. The molecular formula is C20H21F4NO3. The van der Waals surface area contributed by atoms with Crippen LogP contribution in [0.3, 0.4) is 0 Å². The largest absolute Gasteiger partial charge is 0.478 e. The van der Waals surface area contributed by atoms with Crippen molar-refractivity contribution in [3.63, 3.8) is 0 Å². The van der Waals surface area contributed by atoms with E-state index in [9.17, 15) is 32.6 Å². The molecule has 0 radical (unpaired) electrons. The zero-order valence-electron chi connectivity index (χ0n) is 15.3. The molecule has 152 valence electrons. The molecule has 1 aliphatic rings. The Morgan fingerprint density at radius 2 is 1.82 bits per heavy atom. The molecule has 2 N–H and O–H groups in total. The van der Waals surface area contributed by atoms with Gasteiger partial charge < -0.3 is 14.8 Å². The van der Waals surface area contributed by atoms with Gasteiger partial charge in [0.25, 0.3) is 0 Å². The SMILES string of the molecule is Cc1c(C(=O)O)cc(-c2cc(C(F)(F)F)ccc2F)n1CC1CCC(O)CC1. The average Bonchev–Trinajstić information content (AvgIpc) is 2.93. The van der Waals surface area contributed by atoms with Crippen LogP contribution in [0.1, 0.15) is 47.3 Å². The van der Waals surface area contributed by atoms with E-state index in [1.54, 1.807) is 11.5 Å². The fourth-order valence-electron chi connectivity index (χ4n) is 3.80. The summed E-state index contributed by atoms with van der Waals surface area (Å²) in [5.41, 5.74) is -0.856. The van der Waals surface area contributed by atoms with E-state index in [4.69, 9.17) is 0 Å². The first-order valence-electron chi connectivity index (χ1n) is 9.06. The van der Waals surface area contributed by atoms with Crippen LogP contribution in [0.5, 0.6) is 0 Å². The van der Waals surface area contributed by atoms with Crippen molar-refractivity contribution in [2.24, 2.45) is 5.92 Å². The lowest BCUT2D eigenvalue weighted by Crippen LogP contribution is -2.22. The number of hydrogen-bond acceptors (Lipinski definition) is 2. The highest BCUT2D eigenvalue weighted by atomic mass is 19.4. The molecule has 1 saturated carbocycles. The number of benzene rings is 1. The molecule has 1 aromatic heterocycles. The van der Waals surface area contributed by atoms with Gasteiger partial charge in [0.05, 0.1) is 22.9 Å². The van der Waals surface area contributed by atoms with Crippen molar-refractivity contribution in [2.45, 2.75) is 51.4 Å². The lowest BCUT2D eigenvalue weighted by Gasteiger charge is -2.27. The van der Waals surface area contributed by atoms with Crippen molar-refractivity contribution in [1.29, 1.82) is 0 Å². The van der Waals surface area contributed by atoms with Crippen LogP contribution in [0.4, 0.5) is 17.6 Å². The molecular weight excluding hydrogens is 378 g/mol. The van der Waals surface area contributed by atoms with E-state index in [0.717, 1.165) is 12.1 Å². The lowest BCUT2D eigenvalue weighted by atomic mass is 9.87. The average molecular weight is 399 g/mol. The summed E-state index contributed by atoms with van der Waals surface area (Å²) >= 11 is 0. The van der Waals surface area contributed by atoms with Crippen LogP contribution in [0, 0.1) is 18.7 Å². The van der Waals surface area contributed by atoms with Crippen LogP contribution in [-0.2, 0) is 12.7 Å². The van der Waals surface area contributed by atoms with E-state index in [-0.39, 0.29) is 28.8 Å². The highest BCUT2D eigenvalue weighted by Crippen LogP contribution is 2.36. The molecule has 0 atom stereocenters. The van der Waals surface area contributed by atoms with Gasteiger partial charge in [-0.1, -0.05) is 0 Å². The Morgan fingerprint density at radius 3 is 2.39 bits per heavy atom. The van der Waals surface area contributed by atoms with Crippen LogP contribution in [0.15, 0.2) is 24.3 Å². The van der Waals surface area contributed by atoms with Crippen LogP contribution >= 0.6 is 0 Å². The smallest absolute Gasteiger partial charge is 0.416 e. The molecule has 1 aliphatic carbocycles. The Hall–Kier alpha value is -2.35. The standard InChI is InChI=1S/C20H21F4NO3/c1-11-15(19(27)28)9-18(25(11)10-12-2-5-14(26)6-3-12)16-8-13(20(22,23)24)4-7-17(16)21/h4,7-9,12,14,26H,2-3,5-6,10H2,1H3,(H,27,28). The summed E-state index contributed by atoms with van der Waals surface area (Å²) in [7, 11) is 0. The number of carboxylic acid groups (broad SMARTS) is 1. The van der Waals surface area contributed by atoms with Crippen molar-refractivity contribution in [3.05, 3.63) is 46.9 Å². The van der Waals surface area contributed by atoms with Gasteiger partial charge in [-0.2, -0.15) is 13.2 Å². The van der Waals surface area contributed by atoms with Gasteiger partial charge in [-0.05, 0) is 62.8 Å². The summed E-state index contributed by atoms with van der Waals surface area (Å²) in [6.07, 6.45) is -2.34. The number of aromatic carboxylic acids is 1. The number of carboxylic acids is 1. The number of aromatic nitrogens is 1. The number of aliphatic hydroxyl groups is 1. The van der Waals surface area contributed by atoms with Crippen molar-refractivity contribution < 1.29 is 32.6 Å². The minimum Gasteiger partial charge on any atom is -0.478 e. The van der Waals surface area contributed by atoms with Crippen LogP contribution in [-0.4, -0.2) is 26.9 Å². The molecule has 0 aliphatic heterocycles. The summed E-state index contributed by atoms with van der Waals surface area (Å²) in [4.78, 5) is 11.5. The Balaban J connectivity index is 2.08. The van der Waals surface area contributed by atoms with Crippen molar-refractivity contribution in [2.75, 3.05) is 0 Å². The minimum atomic E-state index is -4.63. The number of aliphatic hydroxyl groups excluding tert-OH is 1. The first-order chi connectivity index (χ1) is 13.1. The number of rotatable bonds is 4. The Labute approximate surface area is 159 Å². The number of carbonyl (C=O) groups is 1. The molecule has 0 unspecified atom stereocenters. The molecule has 1 heterocycles. The third kappa shape index (κ3) is 4.06. The zero-order valence-corrected chi connectivity index (χ0v) is 15.3. The predicted octanol–water partition coefficient (Wildman–Crippen LogP) is 4.87. The van der Waals surface area contributed by atoms with E-state index in [1.165, 1.54) is 6.07 Å². The van der Waals surface area contributed by atoms with E-state index in [2.05, 4.69) is 0 Å². The van der Waals surface area contributed by atoms with Gasteiger partial charge in [0, 0.05) is 17.8 Å². The molecule has 4 nitrogen and oxygen atoms in total. The maximum atomic E-state index is 14.4. The van der Waals surface area contributed by atoms with Gasteiger partial charge >= 0.3 is 12.1 Å².